The maximum absolute atomic E-state index is 5.66. The molecule has 2 aliphatic heterocycles. The number of hydrogen-bond donors (Lipinski definition) is 1. The second-order valence-corrected chi connectivity index (χ2v) is 6.32. The number of nitrogens with zero attached hydrogens (tertiary/aromatic N) is 1. The molecule has 0 aromatic carbocycles. The smallest absolute Gasteiger partial charge is 0.0521 e. The van der Waals surface area contributed by atoms with Gasteiger partial charge in [-0.1, -0.05) is 6.92 Å². The van der Waals surface area contributed by atoms with Crippen LogP contribution in [0.5, 0.6) is 0 Å². The maximum atomic E-state index is 5.66. The summed E-state index contributed by atoms with van der Waals surface area (Å²) in [6.45, 7) is 9.03. The summed E-state index contributed by atoms with van der Waals surface area (Å²) in [6, 6.07) is 0.679. The van der Waals surface area contributed by atoms with Crippen molar-refractivity contribution in [1.29, 1.82) is 0 Å². The van der Waals surface area contributed by atoms with E-state index in [2.05, 4.69) is 28.9 Å². The Labute approximate surface area is 110 Å². The molecule has 0 radical (unpaired) electrons. The predicted molar refractivity (Wildman–Crippen MR) is 74.8 cm³/mol. The molecule has 0 aromatic rings. The van der Waals surface area contributed by atoms with Crippen molar-refractivity contribution in [1.82, 2.24) is 10.2 Å². The van der Waals surface area contributed by atoms with E-state index in [1.807, 2.05) is 0 Å². The zero-order chi connectivity index (χ0) is 11.9. The van der Waals surface area contributed by atoms with Crippen molar-refractivity contribution in [2.24, 2.45) is 5.92 Å². The van der Waals surface area contributed by atoms with Crippen LogP contribution in [-0.2, 0) is 4.74 Å². The third-order valence-electron chi connectivity index (χ3n) is 3.73. The van der Waals surface area contributed by atoms with Crippen LogP contribution in [0.3, 0.4) is 0 Å². The highest BCUT2D eigenvalue weighted by Crippen LogP contribution is 2.18. The van der Waals surface area contributed by atoms with Gasteiger partial charge in [0, 0.05) is 49.7 Å². The molecular weight excluding hydrogens is 232 g/mol. The molecule has 0 spiro atoms. The molecular formula is C13H26N2OS. The molecule has 0 amide bonds. The van der Waals surface area contributed by atoms with Gasteiger partial charge in [-0.05, 0) is 19.4 Å². The maximum Gasteiger partial charge on any atom is 0.0521 e. The molecule has 2 atom stereocenters. The Balaban J connectivity index is 1.78. The Bertz CT molecular complexity index is 210. The molecule has 17 heavy (non-hydrogen) atoms. The quantitative estimate of drug-likeness (QED) is 0.806. The van der Waals surface area contributed by atoms with Crippen LogP contribution in [0.2, 0.25) is 0 Å². The molecule has 0 aromatic heterocycles. The lowest BCUT2D eigenvalue weighted by Gasteiger charge is -2.37. The molecule has 1 N–H and O–H groups in total. The fourth-order valence-electron chi connectivity index (χ4n) is 2.69. The third kappa shape index (κ3) is 4.43. The van der Waals surface area contributed by atoms with Crippen molar-refractivity contribution < 1.29 is 4.74 Å². The minimum atomic E-state index is 0.679. The Morgan fingerprint density at radius 3 is 2.94 bits per heavy atom. The van der Waals surface area contributed by atoms with Crippen molar-refractivity contribution >= 4 is 11.8 Å². The summed E-state index contributed by atoms with van der Waals surface area (Å²) in [4.78, 5) is 2.62. The lowest BCUT2D eigenvalue weighted by molar-refractivity contribution is 0.0179. The summed E-state index contributed by atoms with van der Waals surface area (Å²) in [5, 5.41) is 3.70. The predicted octanol–water partition coefficient (Wildman–Crippen LogP) is 1.44. The van der Waals surface area contributed by atoms with Gasteiger partial charge in [0.2, 0.25) is 0 Å². The molecule has 2 aliphatic rings. The molecule has 2 rings (SSSR count). The van der Waals surface area contributed by atoms with Gasteiger partial charge in [0.1, 0.15) is 0 Å². The molecule has 2 unspecified atom stereocenters. The van der Waals surface area contributed by atoms with Crippen LogP contribution in [0.4, 0.5) is 0 Å². The molecule has 0 aliphatic carbocycles. The van der Waals surface area contributed by atoms with Gasteiger partial charge in [0.15, 0.2) is 0 Å². The Kier molecular flexibility index (Phi) is 6.12. The first-order valence-electron chi connectivity index (χ1n) is 7.01. The van der Waals surface area contributed by atoms with Crippen molar-refractivity contribution in [3.05, 3.63) is 0 Å². The van der Waals surface area contributed by atoms with Crippen molar-refractivity contribution in [3.63, 3.8) is 0 Å². The van der Waals surface area contributed by atoms with E-state index in [0.717, 1.165) is 19.8 Å². The first-order valence-corrected chi connectivity index (χ1v) is 8.17. The molecule has 100 valence electrons. The van der Waals surface area contributed by atoms with E-state index in [4.69, 9.17) is 4.74 Å². The molecule has 0 bridgehead atoms. The van der Waals surface area contributed by atoms with E-state index >= 15 is 0 Å². The highest BCUT2D eigenvalue weighted by molar-refractivity contribution is 7.99. The van der Waals surface area contributed by atoms with Crippen molar-refractivity contribution in [2.45, 2.75) is 25.8 Å². The van der Waals surface area contributed by atoms with Crippen LogP contribution in [0.25, 0.3) is 0 Å². The molecule has 2 heterocycles. The largest absolute Gasteiger partial charge is 0.381 e. The highest BCUT2D eigenvalue weighted by Gasteiger charge is 2.27. The standard InChI is InChI=1S/C13H26N2OS/c1-2-4-14-13-3-7-16-11-12(13)10-15-5-8-17-9-6-15/h12-14H,2-11H2,1H3. The minimum Gasteiger partial charge on any atom is -0.381 e. The second kappa shape index (κ2) is 7.62. The van der Waals surface area contributed by atoms with E-state index in [1.54, 1.807) is 0 Å². The van der Waals surface area contributed by atoms with Crippen molar-refractivity contribution in [3.8, 4) is 0 Å². The van der Waals surface area contributed by atoms with Crippen molar-refractivity contribution in [2.75, 3.05) is 50.9 Å². The van der Waals surface area contributed by atoms with Crippen LogP contribution < -0.4 is 5.32 Å². The van der Waals surface area contributed by atoms with Gasteiger partial charge in [0.25, 0.3) is 0 Å². The number of hydrogen-bond acceptors (Lipinski definition) is 4. The Morgan fingerprint density at radius 2 is 2.18 bits per heavy atom. The average Bonchev–Trinajstić information content (AvgIpc) is 2.39. The lowest BCUT2D eigenvalue weighted by Crippen LogP contribution is -2.49. The summed E-state index contributed by atoms with van der Waals surface area (Å²) in [5.74, 6) is 3.31. The number of thioether (sulfide) groups is 1. The van der Waals surface area contributed by atoms with Gasteiger partial charge in [-0.15, -0.1) is 0 Å². The molecule has 2 saturated heterocycles. The number of rotatable bonds is 5. The summed E-state index contributed by atoms with van der Waals surface area (Å²) in [6.07, 6.45) is 2.41. The van der Waals surface area contributed by atoms with E-state index in [0.29, 0.717) is 12.0 Å². The molecule has 0 saturated carbocycles. The van der Waals surface area contributed by atoms with Gasteiger partial charge >= 0.3 is 0 Å². The van der Waals surface area contributed by atoms with Gasteiger partial charge < -0.3 is 15.0 Å². The van der Waals surface area contributed by atoms with Crippen LogP contribution in [-0.4, -0.2) is 61.8 Å². The third-order valence-corrected chi connectivity index (χ3v) is 4.67. The zero-order valence-electron chi connectivity index (χ0n) is 11.0. The number of ether oxygens (including phenoxy) is 1. The lowest BCUT2D eigenvalue weighted by atomic mass is 9.95. The number of nitrogens with one attached hydrogen (secondary N) is 1. The normalized spacial score (nSPS) is 31.6. The van der Waals surface area contributed by atoms with E-state index in [1.165, 1.54) is 44.0 Å². The van der Waals surface area contributed by atoms with Crippen LogP contribution >= 0.6 is 11.8 Å². The SMILES string of the molecule is CCCNC1CCOCC1CN1CCSCC1. The van der Waals surface area contributed by atoms with Gasteiger partial charge in [0.05, 0.1) is 6.61 Å². The molecule has 2 fully saturated rings. The summed E-state index contributed by atoms with van der Waals surface area (Å²) < 4.78 is 5.66. The molecule has 3 nitrogen and oxygen atoms in total. The van der Waals surface area contributed by atoms with Crippen LogP contribution in [0.15, 0.2) is 0 Å². The topological polar surface area (TPSA) is 24.5 Å². The van der Waals surface area contributed by atoms with Gasteiger partial charge in [-0.3, -0.25) is 0 Å². The van der Waals surface area contributed by atoms with Gasteiger partial charge in [-0.25, -0.2) is 0 Å². The van der Waals surface area contributed by atoms with Gasteiger partial charge in [-0.2, -0.15) is 11.8 Å². The molecule has 4 heteroatoms. The van der Waals surface area contributed by atoms with Crippen LogP contribution in [0, 0.1) is 5.92 Å². The Morgan fingerprint density at radius 1 is 1.35 bits per heavy atom. The zero-order valence-corrected chi connectivity index (χ0v) is 11.8. The first kappa shape index (κ1) is 13.7. The fourth-order valence-corrected chi connectivity index (χ4v) is 3.67. The monoisotopic (exact) mass is 258 g/mol. The summed E-state index contributed by atoms with van der Waals surface area (Å²) in [5.41, 5.74) is 0. The fraction of sp³-hybridized carbons (Fsp3) is 1.00. The van der Waals surface area contributed by atoms with Crippen LogP contribution in [0.1, 0.15) is 19.8 Å². The summed E-state index contributed by atoms with van der Waals surface area (Å²) in [7, 11) is 0. The first-order chi connectivity index (χ1) is 8.40. The Hall–Kier alpha value is 0.230. The average molecular weight is 258 g/mol. The second-order valence-electron chi connectivity index (χ2n) is 5.10. The van der Waals surface area contributed by atoms with E-state index < -0.39 is 0 Å². The van der Waals surface area contributed by atoms with E-state index in [-0.39, 0.29) is 0 Å². The van der Waals surface area contributed by atoms with E-state index in [9.17, 15) is 0 Å². The minimum absolute atomic E-state index is 0.679. The highest BCUT2D eigenvalue weighted by atomic mass is 32.2. The summed E-state index contributed by atoms with van der Waals surface area (Å²) >= 11 is 2.09.